The Morgan fingerprint density at radius 2 is 1.16 bits per heavy atom. The molecule has 2 aliphatic heterocycles. The molecule has 0 N–H and O–H groups in total. The first-order valence-corrected chi connectivity index (χ1v) is 15.8. The minimum Gasteiger partial charge on any atom is -0.345 e. The van der Waals surface area contributed by atoms with E-state index in [0.29, 0.717) is 0 Å². The van der Waals surface area contributed by atoms with Crippen molar-refractivity contribution in [3.63, 3.8) is 0 Å². The zero-order valence-electron chi connectivity index (χ0n) is 25.5. The summed E-state index contributed by atoms with van der Waals surface area (Å²) < 4.78 is 4.88. The van der Waals surface area contributed by atoms with Crippen LogP contribution in [0.15, 0.2) is 127 Å². The lowest BCUT2D eigenvalue weighted by molar-refractivity contribution is 1.04. The molecule has 0 bridgehead atoms. The Hall–Kier alpha value is -5.48. The molecule has 212 valence electrons. The molecule has 6 aromatic carbocycles. The van der Waals surface area contributed by atoms with Crippen molar-refractivity contribution in [1.29, 1.82) is 0 Å². The number of aromatic nitrogens is 2. The molecule has 3 nitrogen and oxygen atoms in total. The zero-order chi connectivity index (χ0) is 30.0. The largest absolute Gasteiger partial charge is 0.345 e. The average Bonchev–Trinajstić information content (AvgIpc) is 3.56. The van der Waals surface area contributed by atoms with E-state index in [1.54, 1.807) is 0 Å². The van der Waals surface area contributed by atoms with Crippen molar-refractivity contribution >= 4 is 67.2 Å². The lowest BCUT2D eigenvalue weighted by Gasteiger charge is -2.38. The molecular formula is C41H30BN3. The van der Waals surface area contributed by atoms with Gasteiger partial charge in [-0.05, 0) is 89.4 Å². The van der Waals surface area contributed by atoms with E-state index in [2.05, 4.69) is 162 Å². The SMILES string of the molecule is Cc1c(C)n2c3c(cccc13)B1c3ccc(-c4ccc(-n5c6ccccc6c6ccccc65)cc4)cc3N(C)c3cccc-2c31. The Morgan fingerprint density at radius 1 is 0.511 bits per heavy atom. The van der Waals surface area contributed by atoms with Crippen LogP contribution in [0, 0.1) is 13.8 Å². The van der Waals surface area contributed by atoms with Crippen LogP contribution in [-0.4, -0.2) is 22.9 Å². The van der Waals surface area contributed by atoms with Gasteiger partial charge in [0.15, 0.2) is 0 Å². The number of benzene rings is 6. The van der Waals surface area contributed by atoms with E-state index in [0.717, 1.165) is 0 Å². The van der Waals surface area contributed by atoms with E-state index in [9.17, 15) is 0 Å². The van der Waals surface area contributed by atoms with Crippen LogP contribution in [0.4, 0.5) is 11.4 Å². The second-order valence-corrected chi connectivity index (χ2v) is 12.7. The summed E-state index contributed by atoms with van der Waals surface area (Å²) in [7, 11) is 2.23. The van der Waals surface area contributed by atoms with Crippen LogP contribution in [0.25, 0.3) is 55.2 Å². The van der Waals surface area contributed by atoms with Crippen LogP contribution < -0.4 is 21.3 Å². The topological polar surface area (TPSA) is 13.1 Å². The van der Waals surface area contributed by atoms with Crippen molar-refractivity contribution in [2.45, 2.75) is 13.8 Å². The minimum atomic E-state index is 0.207. The van der Waals surface area contributed by atoms with E-state index < -0.39 is 0 Å². The zero-order valence-corrected chi connectivity index (χ0v) is 25.5. The summed E-state index contributed by atoms with van der Waals surface area (Å²) in [5.74, 6) is 0. The Balaban J connectivity index is 1.12. The van der Waals surface area contributed by atoms with E-state index in [4.69, 9.17) is 0 Å². The van der Waals surface area contributed by atoms with Gasteiger partial charge in [0.1, 0.15) is 0 Å². The minimum absolute atomic E-state index is 0.207. The highest BCUT2D eigenvalue weighted by molar-refractivity contribution is 7.00. The summed E-state index contributed by atoms with van der Waals surface area (Å²) in [6.07, 6.45) is 0. The standard InChI is InChI=1S/C41H30BN3/c1-25-26(2)44-38-17-9-16-37-40(38)42(34-13-8-12-30(25)41(34)44)33-23-20-28(24-39(33)43(37)3)27-18-21-29(22-19-27)45-35-14-6-4-10-31(35)32-11-5-7-15-36(32)45/h4-24H,1-3H3. The highest BCUT2D eigenvalue weighted by Crippen LogP contribution is 2.38. The molecule has 2 aromatic heterocycles. The summed E-state index contributed by atoms with van der Waals surface area (Å²) in [5, 5.41) is 3.94. The maximum atomic E-state index is 2.50. The van der Waals surface area contributed by atoms with E-state index >= 15 is 0 Å². The van der Waals surface area contributed by atoms with Crippen molar-refractivity contribution in [2.75, 3.05) is 11.9 Å². The van der Waals surface area contributed by atoms with Crippen LogP contribution in [0.2, 0.25) is 0 Å². The fraction of sp³-hybridized carbons (Fsp3) is 0.0732. The molecule has 2 aliphatic rings. The molecule has 4 heteroatoms. The molecule has 0 amide bonds. The van der Waals surface area contributed by atoms with Gasteiger partial charge in [0, 0.05) is 57.2 Å². The lowest BCUT2D eigenvalue weighted by Crippen LogP contribution is -2.60. The van der Waals surface area contributed by atoms with E-state index in [1.807, 2.05) is 0 Å². The Morgan fingerprint density at radius 3 is 1.91 bits per heavy atom. The third-order valence-electron chi connectivity index (χ3n) is 10.6. The smallest absolute Gasteiger partial charge is 0.252 e. The molecule has 10 rings (SSSR count). The predicted molar refractivity (Wildman–Crippen MR) is 192 cm³/mol. The first-order chi connectivity index (χ1) is 22.1. The molecule has 8 aromatic rings. The van der Waals surface area contributed by atoms with Crippen molar-refractivity contribution in [3.8, 4) is 22.5 Å². The number of fused-ring (bicyclic) bond motifs is 7. The molecule has 0 saturated carbocycles. The summed E-state index contributed by atoms with van der Waals surface area (Å²) in [5.41, 5.74) is 18.2. The van der Waals surface area contributed by atoms with E-state index in [-0.39, 0.29) is 6.71 Å². The Labute approximate surface area is 262 Å². The summed E-state index contributed by atoms with van der Waals surface area (Å²) in [6, 6.07) is 47.2. The molecule has 45 heavy (non-hydrogen) atoms. The van der Waals surface area contributed by atoms with Gasteiger partial charge in [0.2, 0.25) is 0 Å². The number of rotatable bonds is 2. The second kappa shape index (κ2) is 8.80. The molecule has 0 fully saturated rings. The number of hydrogen-bond acceptors (Lipinski definition) is 1. The lowest BCUT2D eigenvalue weighted by atomic mass is 9.34. The van der Waals surface area contributed by atoms with Gasteiger partial charge in [-0.25, -0.2) is 0 Å². The normalized spacial score (nSPS) is 13.1. The van der Waals surface area contributed by atoms with Crippen LogP contribution >= 0.6 is 0 Å². The van der Waals surface area contributed by atoms with Gasteiger partial charge in [-0.1, -0.05) is 84.9 Å². The fourth-order valence-electron chi connectivity index (χ4n) is 8.37. The second-order valence-electron chi connectivity index (χ2n) is 12.7. The molecule has 4 heterocycles. The van der Waals surface area contributed by atoms with Crippen LogP contribution in [0.5, 0.6) is 0 Å². The first-order valence-electron chi connectivity index (χ1n) is 15.8. The number of para-hydroxylation sites is 3. The highest BCUT2D eigenvalue weighted by atomic mass is 15.1. The van der Waals surface area contributed by atoms with Gasteiger partial charge >= 0.3 is 0 Å². The van der Waals surface area contributed by atoms with Crippen LogP contribution in [-0.2, 0) is 0 Å². The number of nitrogens with zero attached hydrogens (tertiary/aromatic N) is 3. The summed E-state index contributed by atoms with van der Waals surface area (Å²) >= 11 is 0. The molecule has 0 aliphatic carbocycles. The molecule has 0 spiro atoms. The van der Waals surface area contributed by atoms with Crippen molar-refractivity contribution < 1.29 is 0 Å². The van der Waals surface area contributed by atoms with Gasteiger partial charge in [-0.3, -0.25) is 0 Å². The highest BCUT2D eigenvalue weighted by Gasteiger charge is 2.40. The van der Waals surface area contributed by atoms with Gasteiger partial charge < -0.3 is 14.0 Å². The van der Waals surface area contributed by atoms with Crippen molar-refractivity contribution in [1.82, 2.24) is 9.13 Å². The van der Waals surface area contributed by atoms with Crippen LogP contribution in [0.1, 0.15) is 11.3 Å². The first kappa shape index (κ1) is 24.9. The maximum absolute atomic E-state index is 2.50. The van der Waals surface area contributed by atoms with Crippen LogP contribution in [0.3, 0.4) is 0 Å². The van der Waals surface area contributed by atoms with Crippen molar-refractivity contribution in [2.24, 2.45) is 0 Å². The van der Waals surface area contributed by atoms with E-state index in [1.165, 1.54) is 94.2 Å². The van der Waals surface area contributed by atoms with Crippen molar-refractivity contribution in [3.05, 3.63) is 139 Å². The molecule has 0 atom stereocenters. The third-order valence-corrected chi connectivity index (χ3v) is 10.6. The van der Waals surface area contributed by atoms with Gasteiger partial charge in [-0.15, -0.1) is 0 Å². The summed E-state index contributed by atoms with van der Waals surface area (Å²) in [4.78, 5) is 2.40. The molecular weight excluding hydrogens is 545 g/mol. The maximum Gasteiger partial charge on any atom is 0.252 e. The number of anilines is 2. The average molecular weight is 576 g/mol. The monoisotopic (exact) mass is 575 g/mol. The molecule has 0 saturated heterocycles. The third kappa shape index (κ3) is 3.16. The molecule has 0 radical (unpaired) electrons. The Bertz CT molecular complexity index is 2480. The van der Waals surface area contributed by atoms with Gasteiger partial charge in [0.25, 0.3) is 6.71 Å². The predicted octanol–water partition coefficient (Wildman–Crippen LogP) is 7.92. The fourth-order valence-corrected chi connectivity index (χ4v) is 8.37. The summed E-state index contributed by atoms with van der Waals surface area (Å²) in [6.45, 7) is 4.73. The Kier molecular flexibility index (Phi) is 4.87. The quantitative estimate of drug-likeness (QED) is 0.191. The van der Waals surface area contributed by atoms with Gasteiger partial charge in [0.05, 0.1) is 11.0 Å². The van der Waals surface area contributed by atoms with Gasteiger partial charge in [-0.2, -0.15) is 0 Å². The molecule has 0 unspecified atom stereocenters. The number of hydrogen-bond donors (Lipinski definition) is 0. The number of aryl methyl sites for hydroxylation is 1.